The summed E-state index contributed by atoms with van der Waals surface area (Å²) < 4.78 is 0. The van der Waals surface area contributed by atoms with E-state index in [1.165, 1.54) is 4.88 Å². The highest BCUT2D eigenvalue weighted by Crippen LogP contribution is 2.15. The molecule has 0 saturated heterocycles. The maximum absolute atomic E-state index is 4.41. The molecule has 132 valence electrons. The van der Waals surface area contributed by atoms with Crippen molar-refractivity contribution in [2.75, 3.05) is 7.05 Å². The molecule has 1 aromatic carbocycles. The number of imidazole rings is 1. The Balaban J connectivity index is 0.00000225. The van der Waals surface area contributed by atoms with Crippen LogP contribution >= 0.6 is 35.3 Å². The van der Waals surface area contributed by atoms with Gasteiger partial charge in [-0.15, -0.1) is 35.3 Å². The van der Waals surface area contributed by atoms with Crippen LogP contribution in [0.3, 0.4) is 0 Å². The number of hydrogen-bond donors (Lipinski definition) is 3. The van der Waals surface area contributed by atoms with Crippen LogP contribution in [-0.4, -0.2) is 28.0 Å². The van der Waals surface area contributed by atoms with Gasteiger partial charge in [-0.25, -0.2) is 9.97 Å². The first-order valence-electron chi connectivity index (χ1n) is 7.69. The molecule has 0 spiro atoms. The number of aryl methyl sites for hydroxylation is 1. The number of aromatic amines is 1. The Kier molecular flexibility index (Phi) is 7.38. The summed E-state index contributed by atoms with van der Waals surface area (Å²) in [6.07, 6.45) is 3.73. The van der Waals surface area contributed by atoms with E-state index in [0.717, 1.165) is 28.0 Å². The summed E-state index contributed by atoms with van der Waals surface area (Å²) in [4.78, 5) is 17.5. The molecule has 3 N–H and O–H groups in total. The zero-order chi connectivity index (χ0) is 16.8. The normalized spacial score (nSPS) is 11.0. The van der Waals surface area contributed by atoms with Crippen LogP contribution < -0.4 is 10.6 Å². The van der Waals surface area contributed by atoms with E-state index in [9.17, 15) is 0 Å². The number of nitrogens with zero attached hydrogens (tertiary/aromatic N) is 3. The first-order valence-corrected chi connectivity index (χ1v) is 8.51. The average molecular weight is 468 g/mol. The Labute approximate surface area is 168 Å². The fourth-order valence-electron chi connectivity index (χ4n) is 2.25. The van der Waals surface area contributed by atoms with Gasteiger partial charge in [-0.1, -0.05) is 30.3 Å². The second kappa shape index (κ2) is 9.52. The van der Waals surface area contributed by atoms with Gasteiger partial charge >= 0.3 is 0 Å². The zero-order valence-electron chi connectivity index (χ0n) is 14.1. The molecule has 0 saturated carbocycles. The van der Waals surface area contributed by atoms with Gasteiger partial charge in [-0.05, 0) is 12.5 Å². The van der Waals surface area contributed by atoms with E-state index in [2.05, 4.69) is 49.6 Å². The van der Waals surface area contributed by atoms with E-state index in [1.807, 2.05) is 30.6 Å². The second-order valence-electron chi connectivity index (χ2n) is 5.25. The van der Waals surface area contributed by atoms with E-state index in [-0.39, 0.29) is 24.0 Å². The van der Waals surface area contributed by atoms with Gasteiger partial charge in [0.2, 0.25) is 0 Å². The minimum absolute atomic E-state index is 0. The predicted octanol–water partition coefficient (Wildman–Crippen LogP) is 3.32. The van der Waals surface area contributed by atoms with E-state index in [1.54, 1.807) is 18.4 Å². The first kappa shape index (κ1) is 19.4. The van der Waals surface area contributed by atoms with Crippen molar-refractivity contribution < 1.29 is 0 Å². The van der Waals surface area contributed by atoms with Gasteiger partial charge in [0.05, 0.1) is 25.0 Å². The van der Waals surface area contributed by atoms with Crippen LogP contribution in [0.5, 0.6) is 0 Å². The van der Waals surface area contributed by atoms with Gasteiger partial charge in [0.1, 0.15) is 10.8 Å². The van der Waals surface area contributed by atoms with Crippen LogP contribution in [0.4, 0.5) is 0 Å². The number of benzene rings is 1. The molecule has 25 heavy (non-hydrogen) atoms. The third-order valence-electron chi connectivity index (χ3n) is 3.44. The predicted molar refractivity (Wildman–Crippen MR) is 113 cm³/mol. The number of H-pyrrole nitrogens is 1. The Morgan fingerprint density at radius 1 is 1.12 bits per heavy atom. The lowest BCUT2D eigenvalue weighted by Gasteiger charge is -2.09. The molecule has 3 rings (SSSR count). The SMILES string of the molecule is CN=C(NCc1ncc(-c2ccccc2)[nH]1)NCc1ncc(C)s1.I. The fraction of sp³-hybridized carbons (Fsp3) is 0.235. The monoisotopic (exact) mass is 468 g/mol. The number of guanidine groups is 1. The van der Waals surface area contributed by atoms with E-state index in [4.69, 9.17) is 0 Å². The molecule has 0 aliphatic carbocycles. The molecular formula is C17H21IN6S. The summed E-state index contributed by atoms with van der Waals surface area (Å²) in [7, 11) is 1.75. The molecule has 6 nitrogen and oxygen atoms in total. The quantitative estimate of drug-likeness (QED) is 0.305. The molecule has 2 heterocycles. The lowest BCUT2D eigenvalue weighted by atomic mass is 10.2. The van der Waals surface area contributed by atoms with Crippen molar-refractivity contribution in [2.24, 2.45) is 4.99 Å². The number of aliphatic imine (C=N–C) groups is 1. The Hall–Kier alpha value is -1.94. The number of halogens is 1. The van der Waals surface area contributed by atoms with Gasteiger partial charge < -0.3 is 15.6 Å². The first-order chi connectivity index (χ1) is 11.7. The fourth-order valence-corrected chi connectivity index (χ4v) is 2.97. The third-order valence-corrected chi connectivity index (χ3v) is 4.35. The van der Waals surface area contributed by atoms with E-state index < -0.39 is 0 Å². The minimum Gasteiger partial charge on any atom is -0.350 e. The highest BCUT2D eigenvalue weighted by Gasteiger charge is 2.05. The molecular weight excluding hydrogens is 447 g/mol. The lowest BCUT2D eigenvalue weighted by molar-refractivity contribution is 0.779. The van der Waals surface area contributed by atoms with Crippen LogP contribution in [0.25, 0.3) is 11.3 Å². The van der Waals surface area contributed by atoms with Crippen LogP contribution in [0.2, 0.25) is 0 Å². The Bertz CT molecular complexity index is 811. The number of rotatable bonds is 5. The second-order valence-corrected chi connectivity index (χ2v) is 6.57. The zero-order valence-corrected chi connectivity index (χ0v) is 17.3. The summed E-state index contributed by atoms with van der Waals surface area (Å²) in [6.45, 7) is 3.28. The maximum atomic E-state index is 4.41. The summed E-state index contributed by atoms with van der Waals surface area (Å²) in [5.74, 6) is 1.59. The number of nitrogens with one attached hydrogen (secondary N) is 3. The lowest BCUT2D eigenvalue weighted by Crippen LogP contribution is -2.36. The summed E-state index contributed by atoms with van der Waals surface area (Å²) in [6, 6.07) is 10.1. The molecule has 0 fully saturated rings. The molecule has 3 aromatic rings. The van der Waals surface area contributed by atoms with Crippen molar-refractivity contribution in [2.45, 2.75) is 20.0 Å². The molecule has 0 aliphatic rings. The van der Waals surface area contributed by atoms with Gasteiger partial charge in [-0.3, -0.25) is 4.99 Å². The van der Waals surface area contributed by atoms with Gasteiger partial charge in [0.15, 0.2) is 5.96 Å². The van der Waals surface area contributed by atoms with Crippen molar-refractivity contribution in [1.29, 1.82) is 0 Å². The molecule has 0 unspecified atom stereocenters. The summed E-state index contributed by atoms with van der Waals surface area (Å²) in [5, 5.41) is 7.54. The Morgan fingerprint density at radius 2 is 1.88 bits per heavy atom. The summed E-state index contributed by atoms with van der Waals surface area (Å²) >= 11 is 1.68. The number of hydrogen-bond acceptors (Lipinski definition) is 4. The van der Waals surface area contributed by atoms with Crippen molar-refractivity contribution in [3.63, 3.8) is 0 Å². The summed E-state index contributed by atoms with van der Waals surface area (Å²) in [5.41, 5.74) is 2.13. The number of thiazole rings is 1. The standard InChI is InChI=1S/C17H20N6S.HI/c1-12-8-20-16(24-12)11-22-17(18-2)21-10-15-19-9-14(23-15)13-6-4-3-5-7-13;/h3-9H,10-11H2,1-2H3,(H,19,23)(H2,18,21,22);1H. The maximum Gasteiger partial charge on any atom is 0.191 e. The minimum atomic E-state index is 0. The van der Waals surface area contributed by atoms with Crippen molar-refractivity contribution >= 4 is 41.3 Å². The largest absolute Gasteiger partial charge is 0.350 e. The van der Waals surface area contributed by atoms with E-state index in [0.29, 0.717) is 13.1 Å². The van der Waals surface area contributed by atoms with Crippen LogP contribution in [0.1, 0.15) is 15.7 Å². The molecule has 0 aliphatic heterocycles. The molecule has 8 heteroatoms. The van der Waals surface area contributed by atoms with Crippen LogP contribution in [-0.2, 0) is 13.1 Å². The highest BCUT2D eigenvalue weighted by molar-refractivity contribution is 14.0. The molecule has 0 amide bonds. The molecule has 0 atom stereocenters. The smallest absolute Gasteiger partial charge is 0.191 e. The van der Waals surface area contributed by atoms with Crippen molar-refractivity contribution in [1.82, 2.24) is 25.6 Å². The molecule has 0 bridgehead atoms. The van der Waals surface area contributed by atoms with Crippen LogP contribution in [0, 0.1) is 6.92 Å². The highest BCUT2D eigenvalue weighted by atomic mass is 127. The Morgan fingerprint density at radius 3 is 2.56 bits per heavy atom. The van der Waals surface area contributed by atoms with Gasteiger partial charge in [-0.2, -0.15) is 0 Å². The number of aromatic nitrogens is 3. The van der Waals surface area contributed by atoms with Crippen LogP contribution in [0.15, 0.2) is 47.7 Å². The molecule has 2 aromatic heterocycles. The topological polar surface area (TPSA) is 78.0 Å². The van der Waals surface area contributed by atoms with Gasteiger partial charge in [0, 0.05) is 18.1 Å². The van der Waals surface area contributed by atoms with E-state index >= 15 is 0 Å². The van der Waals surface area contributed by atoms with Crippen molar-refractivity contribution in [3.05, 3.63) is 58.4 Å². The molecule has 0 radical (unpaired) electrons. The average Bonchev–Trinajstić information content (AvgIpc) is 3.25. The van der Waals surface area contributed by atoms with Gasteiger partial charge in [0.25, 0.3) is 0 Å². The van der Waals surface area contributed by atoms with Crippen molar-refractivity contribution in [3.8, 4) is 11.3 Å². The third kappa shape index (κ3) is 5.53.